The Hall–Kier alpha value is -3.89. The molecule has 0 bridgehead atoms. The van der Waals surface area contributed by atoms with Gasteiger partial charge in [-0.3, -0.25) is 9.97 Å². The lowest BCUT2D eigenvalue weighted by Gasteiger charge is -2.31. The number of hydrogen-bond acceptors (Lipinski definition) is 9. The number of nitrogens with one attached hydrogen (secondary N) is 1. The van der Waals surface area contributed by atoms with Gasteiger partial charge in [-0.1, -0.05) is 7.43 Å². The van der Waals surface area contributed by atoms with Crippen molar-refractivity contribution in [2.24, 2.45) is 11.8 Å². The standard InChI is InChI=1S/C13H19N3O2.C8H13NO3.C5H6N2.CH4/c1-18-13(17)16-7-3-4-11(10-16)8-15-12-5-2-6-14-9-12;1-12-8(11)9-4-2-3-7(5-9)6-10;6-5-2-1-3-7-4-5;/h2,5-6,9,11,15H,3-4,7-8,10H2,1H3;6-7H,2-5H2,1H3;1-4H,6H2;1H4. The number of methoxy groups -OCH3 is 2. The van der Waals surface area contributed by atoms with Crippen molar-refractivity contribution in [1.82, 2.24) is 19.8 Å². The third-order valence-electron chi connectivity index (χ3n) is 5.98. The number of nitrogens with two attached hydrogens (primary N) is 1. The largest absolute Gasteiger partial charge is 0.453 e. The summed E-state index contributed by atoms with van der Waals surface area (Å²) in [6.07, 6.45) is 11.2. The summed E-state index contributed by atoms with van der Waals surface area (Å²) in [6, 6.07) is 7.50. The van der Waals surface area contributed by atoms with E-state index in [1.165, 1.54) is 14.2 Å². The molecule has 0 radical (unpaired) electrons. The molecule has 11 heteroatoms. The Morgan fingerprint density at radius 3 is 2.11 bits per heavy atom. The molecule has 2 unspecified atom stereocenters. The van der Waals surface area contributed by atoms with Gasteiger partial charge in [0.1, 0.15) is 6.29 Å². The fraction of sp³-hybridized carbons (Fsp3) is 0.519. The van der Waals surface area contributed by atoms with Crippen LogP contribution in [0.3, 0.4) is 0 Å². The van der Waals surface area contributed by atoms with Crippen molar-refractivity contribution < 1.29 is 23.9 Å². The highest BCUT2D eigenvalue weighted by Crippen LogP contribution is 2.18. The third-order valence-corrected chi connectivity index (χ3v) is 5.98. The zero-order valence-corrected chi connectivity index (χ0v) is 21.6. The molecular weight excluding hydrogens is 488 g/mol. The number of likely N-dealkylation sites (tertiary alicyclic amines) is 2. The van der Waals surface area contributed by atoms with Crippen molar-refractivity contribution in [2.45, 2.75) is 33.1 Å². The summed E-state index contributed by atoms with van der Waals surface area (Å²) in [5.41, 5.74) is 7.03. The minimum absolute atomic E-state index is 0. The van der Waals surface area contributed by atoms with Gasteiger partial charge in [0.05, 0.1) is 25.6 Å². The highest BCUT2D eigenvalue weighted by molar-refractivity contribution is 5.68. The Bertz CT molecular complexity index is 934. The van der Waals surface area contributed by atoms with Gasteiger partial charge >= 0.3 is 12.2 Å². The van der Waals surface area contributed by atoms with E-state index < -0.39 is 0 Å². The molecule has 2 saturated heterocycles. The number of ether oxygens (including phenoxy) is 2. The van der Waals surface area contributed by atoms with Gasteiger partial charge in [-0.2, -0.15) is 0 Å². The van der Waals surface area contributed by atoms with Crippen LogP contribution in [-0.2, 0) is 14.3 Å². The summed E-state index contributed by atoms with van der Waals surface area (Å²) >= 11 is 0. The molecule has 210 valence electrons. The van der Waals surface area contributed by atoms with Gasteiger partial charge in [-0.15, -0.1) is 0 Å². The lowest BCUT2D eigenvalue weighted by molar-refractivity contribution is -0.112. The van der Waals surface area contributed by atoms with Crippen LogP contribution in [0.1, 0.15) is 33.1 Å². The molecule has 4 heterocycles. The van der Waals surface area contributed by atoms with E-state index >= 15 is 0 Å². The van der Waals surface area contributed by atoms with E-state index in [2.05, 4.69) is 20.0 Å². The van der Waals surface area contributed by atoms with Crippen molar-refractivity contribution in [2.75, 3.05) is 58.0 Å². The first-order valence-electron chi connectivity index (χ1n) is 12.4. The summed E-state index contributed by atoms with van der Waals surface area (Å²) in [5.74, 6) is 0.468. The number of rotatable bonds is 4. The second kappa shape index (κ2) is 18.4. The minimum atomic E-state index is -0.332. The molecule has 2 aliphatic rings. The van der Waals surface area contributed by atoms with Crippen LogP contribution < -0.4 is 11.1 Å². The van der Waals surface area contributed by atoms with Crippen LogP contribution in [0.5, 0.6) is 0 Å². The number of hydrogen-bond donors (Lipinski definition) is 2. The number of nitrogen functional groups attached to an aromatic ring is 1. The maximum Gasteiger partial charge on any atom is 0.409 e. The van der Waals surface area contributed by atoms with Crippen LogP contribution in [-0.4, -0.2) is 85.2 Å². The number of carbonyl (C=O) groups excluding carboxylic acids is 3. The fourth-order valence-electron chi connectivity index (χ4n) is 4.05. The molecule has 11 nitrogen and oxygen atoms in total. The van der Waals surface area contributed by atoms with Crippen LogP contribution in [0.25, 0.3) is 0 Å². The highest BCUT2D eigenvalue weighted by atomic mass is 16.5. The molecule has 38 heavy (non-hydrogen) atoms. The Morgan fingerprint density at radius 1 is 1.00 bits per heavy atom. The van der Waals surface area contributed by atoms with Gasteiger partial charge < -0.3 is 35.1 Å². The number of pyridine rings is 2. The summed E-state index contributed by atoms with van der Waals surface area (Å²) in [6.45, 7) is 3.64. The topological polar surface area (TPSA) is 140 Å². The number of aldehydes is 1. The highest BCUT2D eigenvalue weighted by Gasteiger charge is 2.24. The van der Waals surface area contributed by atoms with Crippen molar-refractivity contribution in [3.05, 3.63) is 49.1 Å². The maximum absolute atomic E-state index is 11.5. The smallest absolute Gasteiger partial charge is 0.409 e. The van der Waals surface area contributed by atoms with Crippen LogP contribution in [0.15, 0.2) is 49.1 Å². The van der Waals surface area contributed by atoms with Gasteiger partial charge in [-0.25, -0.2) is 9.59 Å². The second-order valence-electron chi connectivity index (χ2n) is 8.79. The Morgan fingerprint density at radius 2 is 1.61 bits per heavy atom. The zero-order chi connectivity index (χ0) is 26.9. The molecule has 3 N–H and O–H groups in total. The number of anilines is 2. The normalized spacial score (nSPS) is 18.2. The first kappa shape index (κ1) is 32.1. The van der Waals surface area contributed by atoms with E-state index in [4.69, 9.17) is 10.5 Å². The molecule has 2 aromatic rings. The average Bonchev–Trinajstić information content (AvgIpc) is 2.97. The zero-order valence-electron chi connectivity index (χ0n) is 21.6. The van der Waals surface area contributed by atoms with Crippen molar-refractivity contribution in [3.63, 3.8) is 0 Å². The summed E-state index contributed by atoms with van der Waals surface area (Å²) in [7, 11) is 2.78. The molecule has 2 amide bonds. The van der Waals surface area contributed by atoms with Crippen LogP contribution in [0, 0.1) is 11.8 Å². The predicted octanol–water partition coefficient (Wildman–Crippen LogP) is 3.94. The van der Waals surface area contributed by atoms with E-state index in [0.717, 1.165) is 57.3 Å². The minimum Gasteiger partial charge on any atom is -0.453 e. The summed E-state index contributed by atoms with van der Waals surface area (Å²) in [5, 5.41) is 3.35. The average molecular weight is 531 g/mol. The van der Waals surface area contributed by atoms with Crippen molar-refractivity contribution in [1.29, 1.82) is 0 Å². The number of nitrogens with zero attached hydrogens (tertiary/aromatic N) is 4. The SMILES string of the molecule is C.COC(=O)N1CCCC(C=O)C1.COC(=O)N1CCCC(CNc2cccnc2)C1.Nc1cccnc1. The van der Waals surface area contributed by atoms with Gasteiger partial charge in [-0.05, 0) is 55.9 Å². The van der Waals surface area contributed by atoms with E-state index in [1.807, 2.05) is 12.1 Å². The van der Waals surface area contributed by atoms with Crippen molar-refractivity contribution >= 4 is 29.8 Å². The lowest BCUT2D eigenvalue weighted by Crippen LogP contribution is -2.41. The van der Waals surface area contributed by atoms with Crippen LogP contribution >= 0.6 is 0 Å². The molecule has 2 atom stereocenters. The molecule has 0 aliphatic carbocycles. The van der Waals surface area contributed by atoms with Gasteiger partial charge in [0, 0.05) is 63.4 Å². The molecule has 4 rings (SSSR count). The van der Waals surface area contributed by atoms with Crippen molar-refractivity contribution in [3.8, 4) is 0 Å². The number of carbonyl (C=O) groups is 3. The molecule has 0 spiro atoms. The van der Waals surface area contributed by atoms with E-state index in [1.54, 1.807) is 46.7 Å². The quantitative estimate of drug-likeness (QED) is 0.563. The number of aromatic nitrogens is 2. The monoisotopic (exact) mass is 530 g/mol. The lowest BCUT2D eigenvalue weighted by atomic mass is 9.98. The van der Waals surface area contributed by atoms with Gasteiger partial charge in [0.15, 0.2) is 0 Å². The van der Waals surface area contributed by atoms with Gasteiger partial charge in [0.2, 0.25) is 0 Å². The maximum atomic E-state index is 11.5. The fourth-order valence-corrected chi connectivity index (χ4v) is 4.05. The Labute approximate surface area is 225 Å². The molecule has 0 saturated carbocycles. The van der Waals surface area contributed by atoms with Gasteiger partial charge in [0.25, 0.3) is 0 Å². The summed E-state index contributed by atoms with van der Waals surface area (Å²) < 4.78 is 9.31. The second-order valence-corrected chi connectivity index (χ2v) is 8.79. The summed E-state index contributed by atoms with van der Waals surface area (Å²) in [4.78, 5) is 44.1. The first-order chi connectivity index (χ1) is 18.0. The molecular formula is C27H42N6O5. The van der Waals surface area contributed by atoms with E-state index in [0.29, 0.717) is 24.7 Å². The predicted molar refractivity (Wildman–Crippen MR) is 148 cm³/mol. The molecule has 0 aromatic carbocycles. The molecule has 2 aliphatic heterocycles. The van der Waals surface area contributed by atoms with E-state index in [9.17, 15) is 14.4 Å². The number of amides is 2. The van der Waals surface area contributed by atoms with Crippen LogP contribution in [0.2, 0.25) is 0 Å². The first-order valence-corrected chi connectivity index (χ1v) is 12.4. The van der Waals surface area contributed by atoms with E-state index in [-0.39, 0.29) is 25.5 Å². The van der Waals surface area contributed by atoms with Crippen LogP contribution in [0.4, 0.5) is 21.0 Å². The Balaban J connectivity index is 0.000000311. The molecule has 2 aromatic heterocycles. The third kappa shape index (κ3) is 11.9. The number of piperidine rings is 2. The molecule has 2 fully saturated rings. The Kier molecular flexibility index (Phi) is 15.5.